The Labute approximate surface area is 89.7 Å². The van der Waals surface area contributed by atoms with Gasteiger partial charge >= 0.3 is 0 Å². The maximum Gasteiger partial charge on any atom is 0.212 e. The van der Waals surface area contributed by atoms with E-state index in [9.17, 15) is 4.39 Å². The van der Waals surface area contributed by atoms with Gasteiger partial charge in [0.15, 0.2) is 0 Å². The molecule has 82 valence electrons. The molecule has 15 heavy (non-hydrogen) atoms. The average Bonchev–Trinajstić information content (AvgIpc) is 2.31. The summed E-state index contributed by atoms with van der Waals surface area (Å²) in [6.45, 7) is 0.639. The van der Waals surface area contributed by atoms with Crippen molar-refractivity contribution < 1.29 is 4.39 Å². The highest BCUT2D eigenvalue weighted by atomic mass is 19.1. The molecule has 2 rings (SSSR count). The van der Waals surface area contributed by atoms with E-state index in [2.05, 4.69) is 4.98 Å². The van der Waals surface area contributed by atoms with E-state index >= 15 is 0 Å². The predicted octanol–water partition coefficient (Wildman–Crippen LogP) is 2.38. The normalized spacial score (nSPS) is 20.1. The van der Waals surface area contributed by atoms with Crippen molar-refractivity contribution in [1.82, 2.24) is 4.98 Å². The van der Waals surface area contributed by atoms with Crippen LogP contribution in [-0.4, -0.2) is 11.5 Å². The Balaban J connectivity index is 2.28. The minimum absolute atomic E-state index is 0.0545. The Bertz CT molecular complexity index is 315. The summed E-state index contributed by atoms with van der Waals surface area (Å²) in [6.07, 6.45) is 7.58. The zero-order chi connectivity index (χ0) is 10.7. The minimum Gasteiger partial charge on any atom is -0.330 e. The van der Waals surface area contributed by atoms with E-state index in [4.69, 9.17) is 5.73 Å². The number of nitrogens with zero attached hydrogens (tertiary/aromatic N) is 1. The van der Waals surface area contributed by atoms with Gasteiger partial charge in [0.1, 0.15) is 0 Å². The van der Waals surface area contributed by atoms with Gasteiger partial charge in [-0.05, 0) is 24.5 Å². The Morgan fingerprint density at radius 2 is 2.00 bits per heavy atom. The lowest BCUT2D eigenvalue weighted by Gasteiger charge is -2.36. The first-order valence-electron chi connectivity index (χ1n) is 5.59. The van der Waals surface area contributed by atoms with E-state index in [0.717, 1.165) is 18.4 Å². The lowest BCUT2D eigenvalue weighted by atomic mass is 9.70. The van der Waals surface area contributed by atoms with Crippen molar-refractivity contribution in [3.05, 3.63) is 29.8 Å². The fourth-order valence-electron chi connectivity index (χ4n) is 2.53. The maximum absolute atomic E-state index is 12.7. The lowest BCUT2D eigenvalue weighted by molar-refractivity contribution is 0.299. The Hall–Kier alpha value is -0.960. The van der Waals surface area contributed by atoms with Crippen molar-refractivity contribution in [1.29, 1.82) is 0 Å². The molecule has 1 aromatic rings. The van der Waals surface area contributed by atoms with Crippen molar-refractivity contribution in [3.63, 3.8) is 0 Å². The fraction of sp³-hybridized carbons (Fsp3) is 0.583. The van der Waals surface area contributed by atoms with Crippen molar-refractivity contribution in [2.45, 2.75) is 37.5 Å². The van der Waals surface area contributed by atoms with Gasteiger partial charge in [-0.3, -0.25) is 0 Å². The van der Waals surface area contributed by atoms with Gasteiger partial charge in [-0.25, -0.2) is 4.98 Å². The van der Waals surface area contributed by atoms with Crippen molar-refractivity contribution in [2.75, 3.05) is 6.54 Å². The smallest absolute Gasteiger partial charge is 0.212 e. The van der Waals surface area contributed by atoms with E-state index in [1.54, 1.807) is 6.20 Å². The molecule has 0 radical (unpaired) electrons. The third-order valence-corrected chi connectivity index (χ3v) is 3.54. The molecule has 0 aliphatic heterocycles. The largest absolute Gasteiger partial charge is 0.330 e. The second kappa shape index (κ2) is 4.27. The van der Waals surface area contributed by atoms with Crippen LogP contribution in [0.1, 0.15) is 37.7 Å². The molecule has 1 heterocycles. The van der Waals surface area contributed by atoms with Gasteiger partial charge in [0.25, 0.3) is 0 Å². The highest BCUT2D eigenvalue weighted by Gasteiger charge is 2.32. The molecular weight excluding hydrogens is 191 g/mol. The molecule has 1 fully saturated rings. The molecule has 0 amide bonds. The van der Waals surface area contributed by atoms with Crippen LogP contribution < -0.4 is 5.73 Å². The first-order valence-corrected chi connectivity index (χ1v) is 5.59. The monoisotopic (exact) mass is 208 g/mol. The second-order valence-electron chi connectivity index (χ2n) is 4.41. The van der Waals surface area contributed by atoms with E-state index in [1.807, 2.05) is 6.07 Å². The summed E-state index contributed by atoms with van der Waals surface area (Å²) >= 11 is 0. The van der Waals surface area contributed by atoms with E-state index in [1.165, 1.54) is 25.3 Å². The molecule has 0 unspecified atom stereocenters. The Kier molecular flexibility index (Phi) is 3.00. The molecule has 0 bridgehead atoms. The molecular formula is C12H17FN2. The number of nitrogens with two attached hydrogens (primary N) is 1. The topological polar surface area (TPSA) is 38.9 Å². The van der Waals surface area contributed by atoms with E-state index in [0.29, 0.717) is 6.54 Å². The molecule has 3 heteroatoms. The van der Waals surface area contributed by atoms with Gasteiger partial charge in [-0.15, -0.1) is 0 Å². The zero-order valence-electron chi connectivity index (χ0n) is 8.88. The molecule has 1 saturated carbocycles. The van der Waals surface area contributed by atoms with Crippen LogP contribution >= 0.6 is 0 Å². The summed E-state index contributed by atoms with van der Waals surface area (Å²) in [5, 5.41) is 0. The summed E-state index contributed by atoms with van der Waals surface area (Å²) in [5.74, 6) is -0.415. The van der Waals surface area contributed by atoms with Crippen LogP contribution in [0, 0.1) is 5.95 Å². The first kappa shape index (κ1) is 10.6. The quantitative estimate of drug-likeness (QED) is 0.758. The number of rotatable bonds is 2. The lowest BCUT2D eigenvalue weighted by Crippen LogP contribution is -2.37. The zero-order valence-corrected chi connectivity index (χ0v) is 8.88. The molecule has 0 spiro atoms. The predicted molar refractivity (Wildman–Crippen MR) is 58.0 cm³/mol. The van der Waals surface area contributed by atoms with Gasteiger partial charge in [0.2, 0.25) is 5.95 Å². The van der Waals surface area contributed by atoms with Gasteiger partial charge in [0.05, 0.1) is 0 Å². The van der Waals surface area contributed by atoms with Crippen LogP contribution in [0.5, 0.6) is 0 Å². The van der Waals surface area contributed by atoms with Crippen LogP contribution in [0.4, 0.5) is 4.39 Å². The van der Waals surface area contributed by atoms with Crippen LogP contribution in [0.2, 0.25) is 0 Å². The number of hydrogen-bond acceptors (Lipinski definition) is 2. The van der Waals surface area contributed by atoms with Crippen LogP contribution in [0.25, 0.3) is 0 Å². The third-order valence-electron chi connectivity index (χ3n) is 3.54. The molecule has 0 aromatic carbocycles. The molecule has 1 aromatic heterocycles. The Morgan fingerprint density at radius 3 is 2.53 bits per heavy atom. The van der Waals surface area contributed by atoms with Crippen molar-refractivity contribution >= 4 is 0 Å². The Morgan fingerprint density at radius 1 is 1.27 bits per heavy atom. The molecule has 0 saturated heterocycles. The SMILES string of the molecule is NCC1(c2ccc(F)nc2)CCCCC1. The summed E-state index contributed by atoms with van der Waals surface area (Å²) < 4.78 is 12.7. The minimum atomic E-state index is -0.415. The number of halogens is 1. The molecule has 1 aliphatic carbocycles. The summed E-state index contributed by atoms with van der Waals surface area (Å²) in [7, 11) is 0. The molecule has 0 atom stereocenters. The summed E-state index contributed by atoms with van der Waals surface area (Å²) in [4.78, 5) is 3.73. The van der Waals surface area contributed by atoms with Crippen LogP contribution in [0.15, 0.2) is 18.3 Å². The van der Waals surface area contributed by atoms with Gasteiger partial charge < -0.3 is 5.73 Å². The van der Waals surface area contributed by atoms with Crippen LogP contribution in [0.3, 0.4) is 0 Å². The fourth-order valence-corrected chi connectivity index (χ4v) is 2.53. The number of hydrogen-bond donors (Lipinski definition) is 1. The summed E-state index contributed by atoms with van der Waals surface area (Å²) in [6, 6.07) is 3.27. The second-order valence-corrected chi connectivity index (χ2v) is 4.41. The van der Waals surface area contributed by atoms with Gasteiger partial charge in [-0.1, -0.05) is 25.3 Å². The average molecular weight is 208 g/mol. The number of pyridine rings is 1. The summed E-state index contributed by atoms with van der Waals surface area (Å²) in [5.41, 5.74) is 7.04. The van der Waals surface area contributed by atoms with Crippen molar-refractivity contribution in [3.8, 4) is 0 Å². The molecule has 2 nitrogen and oxygen atoms in total. The maximum atomic E-state index is 12.7. The van der Waals surface area contributed by atoms with E-state index < -0.39 is 5.95 Å². The van der Waals surface area contributed by atoms with Gasteiger partial charge in [-0.2, -0.15) is 4.39 Å². The number of aromatic nitrogens is 1. The van der Waals surface area contributed by atoms with Gasteiger partial charge in [0, 0.05) is 18.2 Å². The highest BCUT2D eigenvalue weighted by Crippen LogP contribution is 2.38. The molecule has 2 N–H and O–H groups in total. The first-order chi connectivity index (χ1) is 7.27. The highest BCUT2D eigenvalue weighted by molar-refractivity contribution is 5.23. The third kappa shape index (κ3) is 2.02. The standard InChI is InChI=1S/C12H17FN2/c13-11-5-4-10(8-15-11)12(9-14)6-2-1-3-7-12/h4-5,8H,1-3,6-7,9,14H2. The molecule has 1 aliphatic rings. The van der Waals surface area contributed by atoms with Crippen LogP contribution in [-0.2, 0) is 5.41 Å². The van der Waals surface area contributed by atoms with E-state index in [-0.39, 0.29) is 5.41 Å². The van der Waals surface area contributed by atoms with Crippen molar-refractivity contribution in [2.24, 2.45) is 5.73 Å².